The van der Waals surface area contributed by atoms with Gasteiger partial charge in [-0.2, -0.15) is 0 Å². The van der Waals surface area contributed by atoms with Gasteiger partial charge in [0.15, 0.2) is 0 Å². The Balaban J connectivity index is 2.60. The van der Waals surface area contributed by atoms with E-state index in [0.29, 0.717) is 5.02 Å². The van der Waals surface area contributed by atoms with Crippen molar-refractivity contribution >= 4 is 11.6 Å². The maximum absolute atomic E-state index is 6.11. The lowest BCUT2D eigenvalue weighted by atomic mass is 10.2. The van der Waals surface area contributed by atoms with E-state index < -0.39 is 0 Å². The van der Waals surface area contributed by atoms with Gasteiger partial charge in [-0.25, -0.2) is 4.98 Å². The molecule has 1 heterocycles. The first-order chi connectivity index (χ1) is 7.22. The van der Waals surface area contributed by atoms with Crippen molar-refractivity contribution < 1.29 is 4.74 Å². The first kappa shape index (κ1) is 10.1. The summed E-state index contributed by atoms with van der Waals surface area (Å²) in [5.74, 6) is 1.45. The SMILES string of the molecule is COc1cccc(Cl)c1-c1ncc(C)[nH]1. The van der Waals surface area contributed by atoms with Crippen LogP contribution in [0.3, 0.4) is 0 Å². The predicted octanol–water partition coefficient (Wildman–Crippen LogP) is 3.05. The third-order valence-corrected chi connectivity index (χ3v) is 2.45. The molecule has 0 unspecified atom stereocenters. The Morgan fingerprint density at radius 2 is 2.20 bits per heavy atom. The molecule has 0 amide bonds. The number of nitrogens with one attached hydrogen (secondary N) is 1. The van der Waals surface area contributed by atoms with E-state index in [1.165, 1.54) is 0 Å². The van der Waals surface area contributed by atoms with Crippen molar-refractivity contribution in [2.24, 2.45) is 0 Å². The molecule has 2 aromatic rings. The standard InChI is InChI=1S/C11H11ClN2O/c1-7-6-13-11(14-7)10-8(12)4-3-5-9(10)15-2/h3-6H,1-2H3,(H,13,14). The zero-order valence-corrected chi connectivity index (χ0v) is 9.30. The van der Waals surface area contributed by atoms with Gasteiger partial charge >= 0.3 is 0 Å². The van der Waals surface area contributed by atoms with Crippen LogP contribution >= 0.6 is 11.6 Å². The van der Waals surface area contributed by atoms with E-state index >= 15 is 0 Å². The summed E-state index contributed by atoms with van der Waals surface area (Å²) in [5, 5.41) is 0.628. The lowest BCUT2D eigenvalue weighted by Gasteiger charge is -2.07. The van der Waals surface area contributed by atoms with Gasteiger partial charge in [0.25, 0.3) is 0 Å². The number of benzene rings is 1. The molecule has 15 heavy (non-hydrogen) atoms. The third-order valence-electron chi connectivity index (χ3n) is 2.13. The van der Waals surface area contributed by atoms with E-state index in [4.69, 9.17) is 16.3 Å². The number of methoxy groups -OCH3 is 1. The van der Waals surface area contributed by atoms with Gasteiger partial charge < -0.3 is 9.72 Å². The summed E-state index contributed by atoms with van der Waals surface area (Å²) in [6.45, 7) is 1.94. The summed E-state index contributed by atoms with van der Waals surface area (Å²) in [6, 6.07) is 5.52. The quantitative estimate of drug-likeness (QED) is 0.848. The minimum Gasteiger partial charge on any atom is -0.496 e. The number of imidazole rings is 1. The highest BCUT2D eigenvalue weighted by Gasteiger charge is 2.12. The average Bonchev–Trinajstić information content (AvgIpc) is 2.64. The molecule has 0 atom stereocenters. The van der Waals surface area contributed by atoms with Gasteiger partial charge in [-0.3, -0.25) is 0 Å². The van der Waals surface area contributed by atoms with Gasteiger partial charge in [0.05, 0.1) is 17.7 Å². The van der Waals surface area contributed by atoms with Gasteiger partial charge in [0.2, 0.25) is 0 Å². The molecule has 0 saturated heterocycles. The molecule has 1 N–H and O–H groups in total. The molecule has 78 valence electrons. The van der Waals surface area contributed by atoms with Crippen LogP contribution in [0.15, 0.2) is 24.4 Å². The summed E-state index contributed by atoms with van der Waals surface area (Å²) in [5.41, 5.74) is 1.79. The Hall–Kier alpha value is -1.48. The highest BCUT2D eigenvalue weighted by atomic mass is 35.5. The number of ether oxygens (including phenoxy) is 1. The fourth-order valence-electron chi connectivity index (χ4n) is 1.44. The van der Waals surface area contributed by atoms with Gasteiger partial charge in [0, 0.05) is 11.9 Å². The molecule has 0 aliphatic carbocycles. The Kier molecular flexibility index (Phi) is 2.64. The molecule has 0 fully saturated rings. The second kappa shape index (κ2) is 3.95. The number of aromatic amines is 1. The molecule has 4 heteroatoms. The molecule has 0 radical (unpaired) electrons. The van der Waals surface area contributed by atoms with E-state index in [1.54, 1.807) is 13.3 Å². The minimum atomic E-state index is 0.628. The summed E-state index contributed by atoms with van der Waals surface area (Å²) < 4.78 is 5.25. The number of hydrogen-bond acceptors (Lipinski definition) is 2. The largest absolute Gasteiger partial charge is 0.496 e. The zero-order chi connectivity index (χ0) is 10.8. The Labute approximate surface area is 93.1 Å². The molecular weight excluding hydrogens is 212 g/mol. The molecular formula is C11H11ClN2O. The number of aryl methyl sites for hydroxylation is 1. The molecule has 1 aromatic carbocycles. The maximum atomic E-state index is 6.11. The van der Waals surface area contributed by atoms with Crippen LogP contribution in [0.25, 0.3) is 11.4 Å². The number of nitrogens with zero attached hydrogens (tertiary/aromatic N) is 1. The zero-order valence-electron chi connectivity index (χ0n) is 8.54. The van der Waals surface area contributed by atoms with Crippen molar-refractivity contribution in [2.75, 3.05) is 7.11 Å². The number of halogens is 1. The summed E-state index contributed by atoms with van der Waals surface area (Å²) >= 11 is 6.11. The van der Waals surface area contributed by atoms with Crippen LogP contribution in [0.4, 0.5) is 0 Å². The fraction of sp³-hybridized carbons (Fsp3) is 0.182. The van der Waals surface area contributed by atoms with Crippen LogP contribution in [0.2, 0.25) is 5.02 Å². The van der Waals surface area contributed by atoms with E-state index in [0.717, 1.165) is 22.8 Å². The van der Waals surface area contributed by atoms with E-state index in [9.17, 15) is 0 Å². The monoisotopic (exact) mass is 222 g/mol. The van der Waals surface area contributed by atoms with Crippen molar-refractivity contribution in [1.29, 1.82) is 0 Å². The number of rotatable bonds is 2. The normalized spacial score (nSPS) is 10.3. The first-order valence-corrected chi connectivity index (χ1v) is 4.94. The second-order valence-electron chi connectivity index (χ2n) is 3.23. The minimum absolute atomic E-state index is 0.628. The smallest absolute Gasteiger partial charge is 0.142 e. The molecule has 1 aromatic heterocycles. The fourth-order valence-corrected chi connectivity index (χ4v) is 1.70. The van der Waals surface area contributed by atoms with Crippen LogP contribution in [-0.4, -0.2) is 17.1 Å². The Morgan fingerprint density at radius 3 is 2.80 bits per heavy atom. The van der Waals surface area contributed by atoms with Gasteiger partial charge in [-0.15, -0.1) is 0 Å². The summed E-state index contributed by atoms with van der Waals surface area (Å²) in [7, 11) is 1.62. The van der Waals surface area contributed by atoms with Crippen LogP contribution in [0.5, 0.6) is 5.75 Å². The van der Waals surface area contributed by atoms with Gasteiger partial charge in [-0.1, -0.05) is 17.7 Å². The van der Waals surface area contributed by atoms with E-state index in [2.05, 4.69) is 9.97 Å². The topological polar surface area (TPSA) is 37.9 Å². The van der Waals surface area contributed by atoms with Crippen LogP contribution in [0, 0.1) is 6.92 Å². The Bertz CT molecular complexity index is 479. The molecule has 2 rings (SSSR count). The lowest BCUT2D eigenvalue weighted by Crippen LogP contribution is -1.90. The van der Waals surface area contributed by atoms with Crippen molar-refractivity contribution in [1.82, 2.24) is 9.97 Å². The van der Waals surface area contributed by atoms with Crippen LogP contribution < -0.4 is 4.74 Å². The highest BCUT2D eigenvalue weighted by molar-refractivity contribution is 6.33. The van der Waals surface area contributed by atoms with Gasteiger partial charge in [-0.05, 0) is 19.1 Å². The second-order valence-corrected chi connectivity index (χ2v) is 3.64. The summed E-state index contributed by atoms with van der Waals surface area (Å²) in [6.07, 6.45) is 1.76. The van der Waals surface area contributed by atoms with E-state index in [1.807, 2.05) is 25.1 Å². The molecule has 0 bridgehead atoms. The number of hydrogen-bond donors (Lipinski definition) is 1. The molecule has 0 aliphatic rings. The van der Waals surface area contributed by atoms with Crippen molar-refractivity contribution in [2.45, 2.75) is 6.92 Å². The third kappa shape index (κ3) is 1.83. The number of H-pyrrole nitrogens is 1. The maximum Gasteiger partial charge on any atom is 0.142 e. The van der Waals surface area contributed by atoms with Crippen molar-refractivity contribution in [3.63, 3.8) is 0 Å². The van der Waals surface area contributed by atoms with E-state index in [-0.39, 0.29) is 0 Å². The van der Waals surface area contributed by atoms with Crippen molar-refractivity contribution in [3.8, 4) is 17.1 Å². The Morgan fingerprint density at radius 1 is 1.40 bits per heavy atom. The molecule has 0 aliphatic heterocycles. The predicted molar refractivity (Wildman–Crippen MR) is 60.3 cm³/mol. The molecule has 3 nitrogen and oxygen atoms in total. The number of aromatic nitrogens is 2. The lowest BCUT2D eigenvalue weighted by molar-refractivity contribution is 0.416. The molecule has 0 spiro atoms. The van der Waals surface area contributed by atoms with Crippen molar-refractivity contribution in [3.05, 3.63) is 35.1 Å². The highest BCUT2D eigenvalue weighted by Crippen LogP contribution is 2.34. The summed E-state index contributed by atoms with van der Waals surface area (Å²) in [4.78, 5) is 7.37. The first-order valence-electron chi connectivity index (χ1n) is 4.57. The molecule has 0 saturated carbocycles. The average molecular weight is 223 g/mol. The van der Waals surface area contributed by atoms with Crippen LogP contribution in [-0.2, 0) is 0 Å². The van der Waals surface area contributed by atoms with Gasteiger partial charge in [0.1, 0.15) is 11.6 Å². The van der Waals surface area contributed by atoms with Crippen LogP contribution in [0.1, 0.15) is 5.69 Å².